The topological polar surface area (TPSA) is 202 Å². The highest BCUT2D eigenvalue weighted by Crippen LogP contribution is 2.27. The van der Waals surface area contributed by atoms with E-state index in [1.54, 1.807) is 60.7 Å². The molecule has 0 aliphatic carbocycles. The van der Waals surface area contributed by atoms with Crippen molar-refractivity contribution >= 4 is 56.1 Å². The number of quaternary nitrogens is 1. The number of imide groups is 2. The molecule has 2 aliphatic rings. The summed E-state index contributed by atoms with van der Waals surface area (Å²) in [5, 5.41) is 1.17. The Morgan fingerprint density at radius 1 is 0.661 bits per heavy atom. The van der Waals surface area contributed by atoms with Crippen LogP contribution in [0.15, 0.2) is 120 Å². The zero-order valence-corrected chi connectivity index (χ0v) is 36.8. The van der Waals surface area contributed by atoms with Gasteiger partial charge >= 0.3 is 0 Å². The van der Waals surface area contributed by atoms with Crippen LogP contribution in [0.25, 0.3) is 10.9 Å². The molecule has 0 saturated carbocycles. The highest BCUT2D eigenvalue weighted by Gasteiger charge is 2.35. The highest BCUT2D eigenvalue weighted by atomic mass is 35.5. The lowest BCUT2D eigenvalue weighted by Crippen LogP contribution is -3.00. The number of aromatic amines is 1. The van der Waals surface area contributed by atoms with Gasteiger partial charge in [-0.25, -0.2) is 5.43 Å². The number of carbonyl (C=O) groups is 5. The van der Waals surface area contributed by atoms with Gasteiger partial charge in [0.25, 0.3) is 33.7 Å². The van der Waals surface area contributed by atoms with E-state index in [2.05, 4.69) is 48.3 Å². The Labute approximate surface area is 367 Å². The zero-order valence-electron chi connectivity index (χ0n) is 35.2. The number of ketones is 1. The maximum atomic E-state index is 12.5. The summed E-state index contributed by atoms with van der Waals surface area (Å²) in [6, 6.07) is 34.2. The predicted molar refractivity (Wildman–Crippen MR) is 234 cm³/mol. The second-order valence-electron chi connectivity index (χ2n) is 14.8. The molecule has 1 aromatic heterocycles. The third kappa shape index (κ3) is 11.9. The number of fused-ring (bicyclic) bond motifs is 3. The van der Waals surface area contributed by atoms with E-state index in [4.69, 9.17) is 4.55 Å². The van der Waals surface area contributed by atoms with Crippen LogP contribution in [0, 0.1) is 27.7 Å². The van der Waals surface area contributed by atoms with Crippen LogP contribution in [0.5, 0.6) is 0 Å². The van der Waals surface area contributed by atoms with Crippen LogP contribution in [-0.2, 0) is 21.3 Å². The Kier molecular flexibility index (Phi) is 16.6. The Bertz CT molecular complexity index is 2630. The van der Waals surface area contributed by atoms with Crippen LogP contribution < -0.4 is 23.7 Å². The van der Waals surface area contributed by atoms with Gasteiger partial charge in [-0.2, -0.15) is 8.42 Å². The number of amides is 4. The summed E-state index contributed by atoms with van der Waals surface area (Å²) in [7, 11) is -4.02. The second-order valence-corrected chi connectivity index (χ2v) is 16.2. The molecule has 2 aliphatic heterocycles. The number of halogens is 1. The maximum Gasteiger partial charge on any atom is 0.294 e. The van der Waals surface area contributed by atoms with Gasteiger partial charge in [0, 0.05) is 36.1 Å². The number of Topliss-reactive ketones (excluding diaryl/α,β-unsaturated/α-hetero) is 1. The largest absolute Gasteiger partial charge is 1.00 e. The molecule has 0 fully saturated rings. The van der Waals surface area contributed by atoms with E-state index in [-0.39, 0.29) is 46.7 Å². The molecule has 0 bridgehead atoms. The Hall–Kier alpha value is -6.45. The van der Waals surface area contributed by atoms with E-state index in [1.807, 2.05) is 38.1 Å². The van der Waals surface area contributed by atoms with Crippen LogP contribution in [-0.4, -0.2) is 70.3 Å². The summed E-state index contributed by atoms with van der Waals surface area (Å²) in [4.78, 5) is 65.4. The lowest BCUT2D eigenvalue weighted by Gasteiger charge is -2.13. The maximum absolute atomic E-state index is 12.5. The molecule has 6 aromatic rings. The number of benzene rings is 5. The fraction of sp³-hybridized carbons (Fsp3) is 0.213. The molecule has 0 radical (unpaired) electrons. The molecule has 324 valence electrons. The second kappa shape index (κ2) is 21.4. The zero-order chi connectivity index (χ0) is 44.4. The fourth-order valence-electron chi connectivity index (χ4n) is 6.79. The minimum absolute atomic E-state index is 0. The third-order valence-electron chi connectivity index (χ3n) is 10.1. The number of nitrogens with zero attached hydrogens (tertiary/aromatic N) is 2. The summed E-state index contributed by atoms with van der Waals surface area (Å²) >= 11 is 0. The summed E-state index contributed by atoms with van der Waals surface area (Å²) < 4.78 is 29.6. The van der Waals surface area contributed by atoms with E-state index >= 15 is 0 Å². The van der Waals surface area contributed by atoms with Crippen LogP contribution in [0.3, 0.4) is 0 Å². The van der Waals surface area contributed by atoms with Crippen LogP contribution in [0.1, 0.15) is 89.1 Å². The number of aryl methyl sites for hydroxylation is 4. The predicted octanol–water partition coefficient (Wildman–Crippen LogP) is 4.08. The normalized spacial score (nSPS) is 12.6. The average molecular weight is 880 g/mol. The summed E-state index contributed by atoms with van der Waals surface area (Å²) in [6.07, 6.45) is 1.58. The molecule has 4 amide bonds. The average Bonchev–Trinajstić information content (AvgIpc) is 3.78. The molecule has 0 unspecified atom stereocenters. The minimum atomic E-state index is -4.02. The standard InChI is InChI=1S/C20H18N2O2.C13H13NO3.C7H10N2.C7H8O3S.ClH/c1-12-7-8-18-17(11-12)14(13(2)21-18)9-10-22-19(23)15-5-3-4-6-16(15)20(22)24;1-9(15)5-4-8-14-12(16)10-6-2-3-7-11(10)13(14)17;1-6-2-4-7(9-8)5-3-6;1-6-2-4-7(5-3-6)11(8,9)10;/h3-8,11,21H,9-10H2,1-2H3;2-3,6-7H,4-5,8H2,1H3;2-5,9H,8H2,1H3;2-5H,1H3,(H,8,9,10);1H. The molecule has 13 nitrogen and oxygen atoms in total. The minimum Gasteiger partial charge on any atom is -1.00 e. The third-order valence-corrected chi connectivity index (χ3v) is 11.0. The number of hydrogen-bond acceptors (Lipinski definition) is 8. The summed E-state index contributed by atoms with van der Waals surface area (Å²) in [6.45, 7) is 10.2. The molecule has 15 heteroatoms. The monoisotopic (exact) mass is 879 g/mol. The number of nitrogens with one attached hydrogen (secondary N) is 2. The van der Waals surface area contributed by atoms with Crippen molar-refractivity contribution in [1.82, 2.24) is 14.8 Å². The first-order valence-electron chi connectivity index (χ1n) is 19.6. The van der Waals surface area contributed by atoms with Gasteiger partial charge in [-0.05, 0) is 114 Å². The van der Waals surface area contributed by atoms with Crippen molar-refractivity contribution in [2.24, 2.45) is 0 Å². The Balaban J connectivity index is 0.000000194. The molecule has 5 aromatic carbocycles. The van der Waals surface area contributed by atoms with Crippen LogP contribution in [0.2, 0.25) is 0 Å². The van der Waals surface area contributed by atoms with Crippen molar-refractivity contribution in [3.63, 3.8) is 0 Å². The molecule has 8 rings (SSSR count). The van der Waals surface area contributed by atoms with Gasteiger partial charge < -0.3 is 22.2 Å². The van der Waals surface area contributed by atoms with E-state index in [0.717, 1.165) is 22.5 Å². The SMILES string of the molecule is CC(=O)CCCN1C(=O)c2ccccc2C1=O.Cc1ccc(N[NH3+])cc1.Cc1ccc(S(=O)(=O)O)cc1.Cc1ccc2[nH]c(C)c(CCN3C(=O)c4ccccc4C3=O)c2c1.[Cl-]. The van der Waals surface area contributed by atoms with Gasteiger partial charge in [0.2, 0.25) is 0 Å². The van der Waals surface area contributed by atoms with Crippen molar-refractivity contribution in [1.29, 1.82) is 0 Å². The summed E-state index contributed by atoms with van der Waals surface area (Å²) in [5.74, 6) is 2.71. The molecular formula is C47H50ClN5O8S. The van der Waals surface area contributed by atoms with Gasteiger partial charge in [0.1, 0.15) is 5.78 Å². The van der Waals surface area contributed by atoms with Crippen molar-refractivity contribution in [2.75, 3.05) is 18.5 Å². The molecular weight excluding hydrogens is 830 g/mol. The molecule has 0 atom stereocenters. The first-order valence-corrected chi connectivity index (χ1v) is 21.1. The first kappa shape index (κ1) is 48.2. The molecule has 0 spiro atoms. The van der Waals surface area contributed by atoms with Gasteiger partial charge in [-0.1, -0.05) is 71.3 Å². The van der Waals surface area contributed by atoms with Gasteiger partial charge in [0.05, 0.1) is 32.8 Å². The summed E-state index contributed by atoms with van der Waals surface area (Å²) in [5.41, 5.74) is 12.6. The van der Waals surface area contributed by atoms with Crippen molar-refractivity contribution < 1.29 is 55.2 Å². The van der Waals surface area contributed by atoms with Crippen LogP contribution in [0.4, 0.5) is 5.69 Å². The Morgan fingerprint density at radius 3 is 1.53 bits per heavy atom. The smallest absolute Gasteiger partial charge is 0.294 e. The molecule has 3 heterocycles. The number of anilines is 1. The highest BCUT2D eigenvalue weighted by molar-refractivity contribution is 7.85. The van der Waals surface area contributed by atoms with E-state index in [9.17, 15) is 32.4 Å². The quantitative estimate of drug-likeness (QED) is 0.0939. The number of aromatic nitrogens is 1. The molecule has 6 N–H and O–H groups in total. The number of hydrogen-bond donors (Lipinski definition) is 4. The first-order chi connectivity index (χ1) is 29.0. The van der Waals surface area contributed by atoms with E-state index in [0.29, 0.717) is 54.6 Å². The number of rotatable bonds is 9. The molecule has 0 saturated heterocycles. The Morgan fingerprint density at radius 2 is 1.10 bits per heavy atom. The molecule has 62 heavy (non-hydrogen) atoms. The number of H-pyrrole nitrogens is 1. The lowest BCUT2D eigenvalue weighted by molar-refractivity contribution is -0.325. The van der Waals surface area contributed by atoms with E-state index in [1.165, 1.54) is 50.9 Å². The van der Waals surface area contributed by atoms with Gasteiger partial charge in [-0.3, -0.25) is 39.4 Å². The van der Waals surface area contributed by atoms with E-state index < -0.39 is 10.1 Å². The van der Waals surface area contributed by atoms with Gasteiger partial charge in [0.15, 0.2) is 0 Å². The van der Waals surface area contributed by atoms with Crippen molar-refractivity contribution in [2.45, 2.75) is 58.8 Å². The lowest BCUT2D eigenvalue weighted by atomic mass is 10.1. The van der Waals surface area contributed by atoms with Crippen LogP contribution >= 0.6 is 0 Å². The van der Waals surface area contributed by atoms with Crippen molar-refractivity contribution in [3.05, 3.63) is 165 Å². The fourth-order valence-corrected chi connectivity index (χ4v) is 7.27. The number of carbonyl (C=O) groups excluding carboxylic acids is 5. The van der Waals surface area contributed by atoms with Gasteiger partial charge in [-0.15, -0.1) is 0 Å². The van der Waals surface area contributed by atoms with Crippen molar-refractivity contribution in [3.8, 4) is 0 Å².